The molecule has 1 saturated heterocycles. The SMILES string of the molecule is COc1ccnc(CC2(C(=O)O)COCCC2=O)c1OC. The molecule has 0 radical (unpaired) electrons. The van der Waals surface area contributed by atoms with Crippen LogP contribution in [0.3, 0.4) is 0 Å². The van der Waals surface area contributed by atoms with E-state index in [0.29, 0.717) is 17.2 Å². The highest BCUT2D eigenvalue weighted by Crippen LogP contribution is 2.36. The summed E-state index contributed by atoms with van der Waals surface area (Å²) in [5.41, 5.74) is -1.26. The molecule has 7 nitrogen and oxygen atoms in total. The first kappa shape index (κ1) is 15.2. The van der Waals surface area contributed by atoms with Crippen LogP contribution < -0.4 is 9.47 Å². The van der Waals surface area contributed by atoms with Crippen LogP contribution in [0.1, 0.15) is 12.1 Å². The summed E-state index contributed by atoms with van der Waals surface area (Å²) < 4.78 is 15.6. The first-order valence-corrected chi connectivity index (χ1v) is 6.45. The van der Waals surface area contributed by atoms with Crippen molar-refractivity contribution in [3.8, 4) is 11.5 Å². The molecule has 1 atom stereocenters. The van der Waals surface area contributed by atoms with Crippen molar-refractivity contribution in [2.24, 2.45) is 5.41 Å². The molecule has 1 aliphatic rings. The van der Waals surface area contributed by atoms with Gasteiger partial charge in [0.15, 0.2) is 22.7 Å². The summed E-state index contributed by atoms with van der Waals surface area (Å²) in [4.78, 5) is 27.9. The van der Waals surface area contributed by atoms with Gasteiger partial charge in [0.25, 0.3) is 0 Å². The standard InChI is InChI=1S/C14H17NO6/c1-19-10-3-5-15-9(12(10)20-2)7-14(13(17)18)8-21-6-4-11(14)16/h3,5H,4,6-8H2,1-2H3,(H,17,18). The number of aliphatic carboxylic acids is 1. The fraction of sp³-hybridized carbons (Fsp3) is 0.500. The first-order valence-electron chi connectivity index (χ1n) is 6.45. The second-order valence-corrected chi connectivity index (χ2v) is 4.78. The Morgan fingerprint density at radius 3 is 2.81 bits per heavy atom. The van der Waals surface area contributed by atoms with Crippen molar-refractivity contribution in [2.45, 2.75) is 12.8 Å². The Hall–Kier alpha value is -2.15. The normalized spacial score (nSPS) is 21.9. The number of carbonyl (C=O) groups excluding carboxylic acids is 1. The minimum absolute atomic E-state index is 0.0819. The van der Waals surface area contributed by atoms with E-state index in [1.807, 2.05) is 0 Å². The van der Waals surface area contributed by atoms with Gasteiger partial charge in [0.2, 0.25) is 0 Å². The van der Waals surface area contributed by atoms with Crippen LogP contribution in [0.15, 0.2) is 12.3 Å². The fourth-order valence-corrected chi connectivity index (χ4v) is 2.40. The average Bonchev–Trinajstić information content (AvgIpc) is 2.49. The quantitative estimate of drug-likeness (QED) is 0.799. The highest BCUT2D eigenvalue weighted by atomic mass is 16.5. The topological polar surface area (TPSA) is 95.0 Å². The summed E-state index contributed by atoms with van der Waals surface area (Å²) >= 11 is 0. The highest BCUT2D eigenvalue weighted by Gasteiger charge is 2.49. The molecule has 21 heavy (non-hydrogen) atoms. The third-order valence-corrected chi connectivity index (χ3v) is 3.60. The van der Waals surface area contributed by atoms with Gasteiger partial charge in [-0.05, 0) is 0 Å². The maximum Gasteiger partial charge on any atom is 0.319 e. The van der Waals surface area contributed by atoms with Crippen molar-refractivity contribution in [3.05, 3.63) is 18.0 Å². The number of pyridine rings is 1. The summed E-state index contributed by atoms with van der Waals surface area (Å²) in [7, 11) is 2.92. The molecule has 1 unspecified atom stereocenters. The van der Waals surface area contributed by atoms with Crippen molar-refractivity contribution in [1.82, 2.24) is 4.98 Å². The number of rotatable bonds is 5. The largest absolute Gasteiger partial charge is 0.493 e. The number of hydrogen-bond donors (Lipinski definition) is 1. The fourth-order valence-electron chi connectivity index (χ4n) is 2.40. The summed E-state index contributed by atoms with van der Waals surface area (Å²) in [6.45, 7) is 0.0831. The monoisotopic (exact) mass is 295 g/mol. The number of ketones is 1. The molecule has 0 spiro atoms. The molecule has 2 heterocycles. The molecule has 0 amide bonds. The van der Waals surface area contributed by atoms with Crippen molar-refractivity contribution in [2.75, 3.05) is 27.4 Å². The number of carboxylic acid groups (broad SMARTS) is 1. The van der Waals surface area contributed by atoms with E-state index in [4.69, 9.17) is 14.2 Å². The molecule has 1 aromatic rings. The third-order valence-electron chi connectivity index (χ3n) is 3.60. The lowest BCUT2D eigenvalue weighted by atomic mass is 9.77. The predicted octanol–water partition coefficient (Wildman–Crippen LogP) is 0.702. The maximum atomic E-state index is 12.2. The molecule has 114 valence electrons. The molecule has 0 saturated carbocycles. The zero-order valence-electron chi connectivity index (χ0n) is 11.9. The summed E-state index contributed by atoms with van der Waals surface area (Å²) in [6, 6.07) is 1.61. The van der Waals surface area contributed by atoms with E-state index in [1.165, 1.54) is 20.4 Å². The Morgan fingerprint density at radius 1 is 1.48 bits per heavy atom. The molecule has 0 bridgehead atoms. The molecule has 1 N–H and O–H groups in total. The van der Waals surface area contributed by atoms with Gasteiger partial charge in [-0.25, -0.2) is 0 Å². The number of hydrogen-bond acceptors (Lipinski definition) is 6. The van der Waals surface area contributed by atoms with Gasteiger partial charge in [0, 0.05) is 25.1 Å². The number of nitrogens with zero attached hydrogens (tertiary/aromatic N) is 1. The molecule has 1 fully saturated rings. The number of carbonyl (C=O) groups is 2. The molecule has 7 heteroatoms. The van der Waals surface area contributed by atoms with E-state index in [9.17, 15) is 14.7 Å². The number of methoxy groups -OCH3 is 2. The molecular weight excluding hydrogens is 278 g/mol. The van der Waals surface area contributed by atoms with Crippen LogP contribution in [0.5, 0.6) is 11.5 Å². The second-order valence-electron chi connectivity index (χ2n) is 4.78. The van der Waals surface area contributed by atoms with Crippen LogP contribution in [0.4, 0.5) is 0 Å². The Bertz CT molecular complexity index is 558. The van der Waals surface area contributed by atoms with Crippen LogP contribution in [0, 0.1) is 5.41 Å². The van der Waals surface area contributed by atoms with Crippen molar-refractivity contribution in [1.29, 1.82) is 0 Å². The van der Waals surface area contributed by atoms with Crippen molar-refractivity contribution in [3.63, 3.8) is 0 Å². The lowest BCUT2D eigenvalue weighted by Gasteiger charge is -2.31. The van der Waals surface area contributed by atoms with Gasteiger partial charge in [-0.3, -0.25) is 14.6 Å². The van der Waals surface area contributed by atoms with Gasteiger partial charge in [-0.1, -0.05) is 0 Å². The van der Waals surface area contributed by atoms with Gasteiger partial charge in [-0.15, -0.1) is 0 Å². The number of Topliss-reactive ketones (excluding diaryl/α,β-unsaturated/α-hetero) is 1. The van der Waals surface area contributed by atoms with Gasteiger partial charge in [0.05, 0.1) is 33.1 Å². The molecule has 0 aliphatic carbocycles. The van der Waals surface area contributed by atoms with E-state index in [-0.39, 0.29) is 31.8 Å². The molecule has 2 rings (SSSR count). The number of carboxylic acids is 1. The lowest BCUT2D eigenvalue weighted by Crippen LogP contribution is -2.48. The summed E-state index contributed by atoms with van der Waals surface area (Å²) in [5, 5.41) is 9.51. The van der Waals surface area contributed by atoms with E-state index >= 15 is 0 Å². The average molecular weight is 295 g/mol. The van der Waals surface area contributed by atoms with E-state index in [0.717, 1.165) is 0 Å². The van der Waals surface area contributed by atoms with E-state index in [1.54, 1.807) is 6.07 Å². The Labute approximate surface area is 121 Å². The molecule has 0 aromatic carbocycles. The van der Waals surface area contributed by atoms with Crippen LogP contribution in [0.2, 0.25) is 0 Å². The van der Waals surface area contributed by atoms with E-state index in [2.05, 4.69) is 4.98 Å². The Morgan fingerprint density at radius 2 is 2.24 bits per heavy atom. The maximum absolute atomic E-state index is 12.2. The number of ether oxygens (including phenoxy) is 3. The Balaban J connectivity index is 2.42. The Kier molecular flexibility index (Phi) is 4.42. The second kappa shape index (κ2) is 6.09. The molecule has 1 aliphatic heterocycles. The minimum atomic E-state index is -1.62. The summed E-state index contributed by atoms with van der Waals surface area (Å²) in [5.74, 6) is -0.794. The molecule has 1 aromatic heterocycles. The van der Waals surface area contributed by atoms with Crippen LogP contribution in [-0.4, -0.2) is 49.3 Å². The van der Waals surface area contributed by atoms with E-state index < -0.39 is 11.4 Å². The highest BCUT2D eigenvalue weighted by molar-refractivity contribution is 6.04. The van der Waals surface area contributed by atoms with Crippen LogP contribution >= 0.6 is 0 Å². The lowest BCUT2D eigenvalue weighted by molar-refractivity contribution is -0.164. The van der Waals surface area contributed by atoms with Crippen LogP contribution in [0.25, 0.3) is 0 Å². The first-order chi connectivity index (χ1) is 10.0. The van der Waals surface area contributed by atoms with Crippen molar-refractivity contribution >= 4 is 11.8 Å². The van der Waals surface area contributed by atoms with Gasteiger partial charge in [-0.2, -0.15) is 0 Å². The smallest absolute Gasteiger partial charge is 0.319 e. The molecular formula is C14H17NO6. The number of aromatic nitrogens is 1. The van der Waals surface area contributed by atoms with Gasteiger partial charge < -0.3 is 19.3 Å². The zero-order chi connectivity index (χ0) is 15.5. The zero-order valence-corrected chi connectivity index (χ0v) is 11.9. The summed E-state index contributed by atoms with van der Waals surface area (Å²) in [6.07, 6.45) is 1.47. The van der Waals surface area contributed by atoms with Gasteiger partial charge in [0.1, 0.15) is 0 Å². The van der Waals surface area contributed by atoms with Crippen molar-refractivity contribution < 1.29 is 28.9 Å². The third kappa shape index (κ3) is 2.69. The minimum Gasteiger partial charge on any atom is -0.493 e. The van der Waals surface area contributed by atoms with Crippen LogP contribution in [-0.2, 0) is 20.7 Å². The van der Waals surface area contributed by atoms with Gasteiger partial charge >= 0.3 is 5.97 Å². The predicted molar refractivity (Wildman–Crippen MR) is 71.6 cm³/mol.